The van der Waals surface area contributed by atoms with E-state index in [1.807, 2.05) is 0 Å². The summed E-state index contributed by atoms with van der Waals surface area (Å²) in [5.41, 5.74) is 0. The van der Waals surface area contributed by atoms with Gasteiger partial charge in [-0.05, 0) is 25.7 Å². The van der Waals surface area contributed by atoms with Crippen LogP contribution in [0.5, 0.6) is 0 Å². The predicted molar refractivity (Wildman–Crippen MR) is 96.7 cm³/mol. The summed E-state index contributed by atoms with van der Waals surface area (Å²) in [5.74, 6) is 0. The molecule has 0 saturated heterocycles. The molecule has 0 aliphatic heterocycles. The number of nitrogens with zero attached hydrogens (tertiary/aromatic N) is 1. The normalized spacial score (nSPS) is 11.4. The fraction of sp³-hybridized carbons (Fsp3) is 1.00. The van der Waals surface area contributed by atoms with Crippen LogP contribution in [0.15, 0.2) is 0 Å². The Morgan fingerprint density at radius 3 is 1.38 bits per heavy atom. The summed E-state index contributed by atoms with van der Waals surface area (Å²) >= 11 is 3.60. The first-order chi connectivity index (χ1) is 9.68. The molecule has 1 nitrogen and oxygen atoms in total. The minimum absolute atomic E-state index is 0. The van der Waals surface area contributed by atoms with E-state index in [4.69, 9.17) is 0 Å². The number of hydrogen-bond acceptors (Lipinski definition) is 0. The third kappa shape index (κ3) is 15.4. The Balaban J connectivity index is 0. The van der Waals surface area contributed by atoms with Crippen molar-refractivity contribution in [3.8, 4) is 0 Å². The van der Waals surface area contributed by atoms with Crippen LogP contribution >= 0.6 is 15.9 Å². The van der Waals surface area contributed by atoms with E-state index >= 15 is 0 Å². The molecule has 0 heterocycles. The Morgan fingerprint density at radius 1 is 0.619 bits per heavy atom. The second kappa shape index (κ2) is 17.1. The maximum absolute atomic E-state index is 3.60. The van der Waals surface area contributed by atoms with Gasteiger partial charge in [0.05, 0.1) is 26.7 Å². The van der Waals surface area contributed by atoms with Gasteiger partial charge in [-0.25, -0.2) is 0 Å². The molecule has 0 aromatic carbocycles. The molecule has 0 atom stereocenters. The second-order valence-corrected chi connectivity index (χ2v) is 7.45. The summed E-state index contributed by atoms with van der Waals surface area (Å²) in [7, 11) is 2.49. The average molecular weight is 385 g/mol. The van der Waals surface area contributed by atoms with Gasteiger partial charge in [-0.1, -0.05) is 68.3 Å². The first-order valence-corrected chi connectivity index (χ1v) is 10.2. The van der Waals surface area contributed by atoms with E-state index in [9.17, 15) is 0 Å². The minimum Gasteiger partial charge on any atom is -1.00 e. The smallest absolute Gasteiger partial charge is 0.0792 e. The lowest BCUT2D eigenvalue weighted by Crippen LogP contribution is -3.00. The number of hydrogen-bond donors (Lipinski definition) is 0. The molecule has 0 radical (unpaired) electrons. The first-order valence-electron chi connectivity index (χ1n) is 9.08. The summed E-state index contributed by atoms with van der Waals surface area (Å²) in [4.78, 5) is 0. The zero-order valence-corrected chi connectivity index (χ0v) is 17.2. The van der Waals surface area contributed by atoms with Crippen molar-refractivity contribution in [2.75, 3.05) is 32.0 Å². The van der Waals surface area contributed by atoms with Crippen molar-refractivity contribution in [1.82, 2.24) is 0 Å². The monoisotopic (exact) mass is 383 g/mol. The number of halogens is 2. The van der Waals surface area contributed by atoms with Crippen LogP contribution in [0.3, 0.4) is 0 Å². The molecule has 0 bridgehead atoms. The number of unbranched alkanes of at least 4 members (excludes halogenated alkanes) is 8. The van der Waals surface area contributed by atoms with E-state index in [-0.39, 0.29) is 12.4 Å². The molecule has 0 amide bonds. The fourth-order valence-corrected chi connectivity index (χ4v) is 3.22. The summed E-state index contributed by atoms with van der Waals surface area (Å²) < 4.78 is 1.31. The molecule has 0 aliphatic rings. The summed E-state index contributed by atoms with van der Waals surface area (Å²) in [6.45, 7) is 8.74. The largest absolute Gasteiger partial charge is 1.00 e. The minimum atomic E-state index is 0. The van der Waals surface area contributed by atoms with Gasteiger partial charge in [0.2, 0.25) is 0 Å². The van der Waals surface area contributed by atoms with Crippen LogP contribution in [0, 0.1) is 0 Å². The quantitative estimate of drug-likeness (QED) is 0.231. The second-order valence-electron chi connectivity index (χ2n) is 6.66. The van der Waals surface area contributed by atoms with Crippen LogP contribution in [0.4, 0.5) is 0 Å². The number of rotatable bonds is 15. The van der Waals surface area contributed by atoms with Gasteiger partial charge in [-0.3, -0.25) is 0 Å². The molecule has 21 heavy (non-hydrogen) atoms. The van der Waals surface area contributed by atoms with Crippen molar-refractivity contribution in [2.24, 2.45) is 0 Å². The number of alkyl halides is 1. The van der Waals surface area contributed by atoms with Crippen molar-refractivity contribution >= 4 is 15.9 Å². The summed E-state index contributed by atoms with van der Waals surface area (Å²) in [5, 5.41) is 1.16. The Hall–Kier alpha value is 0.730. The Morgan fingerprint density at radius 2 is 1.00 bits per heavy atom. The Bertz CT molecular complexity index is 186. The highest BCUT2D eigenvalue weighted by Crippen LogP contribution is 2.14. The van der Waals surface area contributed by atoms with Crippen molar-refractivity contribution in [3.05, 3.63) is 0 Å². The topological polar surface area (TPSA) is 0 Å². The van der Waals surface area contributed by atoms with Gasteiger partial charge in [0.25, 0.3) is 0 Å². The standard InChI is InChI=1S/C18H39BrN.ClH/c1-4-6-8-10-12-16-20(3,18-14-15-19)17-13-11-9-7-5-2;/h4-18H2,1-3H3;1H/q+1;/p-1. The van der Waals surface area contributed by atoms with E-state index in [1.54, 1.807) is 0 Å². The summed E-state index contributed by atoms with van der Waals surface area (Å²) in [6.07, 6.45) is 15.5. The molecule has 0 aromatic heterocycles. The lowest BCUT2D eigenvalue weighted by atomic mass is 10.1. The van der Waals surface area contributed by atoms with Crippen LogP contribution in [0.2, 0.25) is 0 Å². The highest BCUT2D eigenvalue weighted by molar-refractivity contribution is 9.09. The average Bonchev–Trinajstić information content (AvgIpc) is 2.45. The molecule has 0 unspecified atom stereocenters. The molecular weight excluding hydrogens is 346 g/mol. The van der Waals surface area contributed by atoms with E-state index in [2.05, 4.69) is 36.8 Å². The predicted octanol–water partition coefficient (Wildman–Crippen LogP) is 3.16. The van der Waals surface area contributed by atoms with Gasteiger partial charge in [-0.2, -0.15) is 0 Å². The third-order valence-electron chi connectivity index (χ3n) is 4.43. The Labute approximate surface area is 149 Å². The highest BCUT2D eigenvalue weighted by atomic mass is 79.9. The maximum atomic E-state index is 3.60. The van der Waals surface area contributed by atoms with Gasteiger partial charge in [0.1, 0.15) is 0 Å². The van der Waals surface area contributed by atoms with E-state index < -0.39 is 0 Å². The molecule has 0 N–H and O–H groups in total. The van der Waals surface area contributed by atoms with Gasteiger partial charge in [0, 0.05) is 11.8 Å². The molecule has 0 aromatic rings. The van der Waals surface area contributed by atoms with E-state index in [0.29, 0.717) is 0 Å². The maximum Gasteiger partial charge on any atom is 0.0792 e. The SMILES string of the molecule is CCCCCCC[N+](C)(CCCBr)CCCCCCC.[Cl-]. The molecule has 0 aliphatic carbocycles. The van der Waals surface area contributed by atoms with Gasteiger partial charge < -0.3 is 16.9 Å². The van der Waals surface area contributed by atoms with E-state index in [1.165, 1.54) is 94.7 Å². The fourth-order valence-electron chi connectivity index (χ4n) is 2.97. The van der Waals surface area contributed by atoms with Crippen molar-refractivity contribution < 1.29 is 16.9 Å². The van der Waals surface area contributed by atoms with Crippen LogP contribution in [0.1, 0.15) is 84.5 Å². The van der Waals surface area contributed by atoms with Crippen LogP contribution < -0.4 is 12.4 Å². The lowest BCUT2D eigenvalue weighted by molar-refractivity contribution is -0.910. The van der Waals surface area contributed by atoms with Gasteiger partial charge >= 0.3 is 0 Å². The zero-order valence-electron chi connectivity index (χ0n) is 14.8. The first kappa shape index (κ1) is 24.0. The highest BCUT2D eigenvalue weighted by Gasteiger charge is 2.19. The molecule has 3 heteroatoms. The van der Waals surface area contributed by atoms with Crippen LogP contribution in [-0.4, -0.2) is 36.5 Å². The van der Waals surface area contributed by atoms with E-state index in [0.717, 1.165) is 5.33 Å². The number of quaternary nitrogens is 1. The van der Waals surface area contributed by atoms with Crippen molar-refractivity contribution in [3.63, 3.8) is 0 Å². The van der Waals surface area contributed by atoms with Crippen molar-refractivity contribution in [1.29, 1.82) is 0 Å². The molecule has 130 valence electrons. The van der Waals surface area contributed by atoms with Crippen LogP contribution in [-0.2, 0) is 0 Å². The van der Waals surface area contributed by atoms with Gasteiger partial charge in [-0.15, -0.1) is 0 Å². The summed E-state index contributed by atoms with van der Waals surface area (Å²) in [6, 6.07) is 0. The van der Waals surface area contributed by atoms with Crippen molar-refractivity contribution in [2.45, 2.75) is 84.5 Å². The molecule has 0 rings (SSSR count). The lowest BCUT2D eigenvalue weighted by Gasteiger charge is -2.35. The Kier molecular flexibility index (Phi) is 19.5. The molecule has 0 saturated carbocycles. The molecule has 0 spiro atoms. The zero-order chi connectivity index (χ0) is 15.1. The van der Waals surface area contributed by atoms with Gasteiger partial charge in [0.15, 0.2) is 0 Å². The molecular formula is C18H39BrClN. The third-order valence-corrected chi connectivity index (χ3v) is 5.00. The van der Waals surface area contributed by atoms with Crippen LogP contribution in [0.25, 0.3) is 0 Å². The molecule has 0 fully saturated rings.